The molecule has 0 fully saturated rings. The van der Waals surface area contributed by atoms with Gasteiger partial charge in [-0.05, 0) is 141 Å². The zero-order valence-corrected chi connectivity index (χ0v) is 53.1. The molecule has 0 unspecified atom stereocenters. The highest BCUT2D eigenvalue weighted by atomic mass is 15.2. The van der Waals surface area contributed by atoms with Crippen LogP contribution in [0.4, 0.5) is 34.1 Å². The van der Waals surface area contributed by atoms with Crippen LogP contribution in [-0.2, 0) is 5.41 Å². The Balaban J connectivity index is 0.847. The highest BCUT2D eigenvalue weighted by Gasteiger charge is 2.44. The smallest absolute Gasteiger partial charge is 0.252 e. The van der Waals surface area contributed by atoms with Crippen molar-refractivity contribution in [3.63, 3.8) is 0 Å². The van der Waals surface area contributed by atoms with E-state index in [-0.39, 0.29) is 12.1 Å². The molecule has 0 N–H and O–H groups in total. The van der Waals surface area contributed by atoms with Crippen LogP contribution in [0.1, 0.15) is 25.0 Å². The highest BCUT2D eigenvalue weighted by Crippen LogP contribution is 2.52. The summed E-state index contributed by atoms with van der Waals surface area (Å²) in [6.07, 6.45) is 0. The molecule has 19 rings (SSSR count). The van der Waals surface area contributed by atoms with E-state index in [1.54, 1.807) is 0 Å². The second-order valence-electron chi connectivity index (χ2n) is 25.8. The molecule has 0 atom stereocenters. The molecule has 0 saturated carbocycles. The largest absolute Gasteiger partial charge is 0.311 e. The average molecular weight is 1240 g/mol. The van der Waals surface area contributed by atoms with Crippen molar-refractivity contribution in [3.8, 4) is 96.3 Å². The summed E-state index contributed by atoms with van der Waals surface area (Å²) in [5.41, 5.74) is 25.5. The van der Waals surface area contributed by atoms with E-state index in [0.29, 0.717) is 34.9 Å². The van der Waals surface area contributed by atoms with Crippen molar-refractivity contribution in [1.82, 2.24) is 34.5 Å². The van der Waals surface area contributed by atoms with E-state index in [1.165, 1.54) is 38.6 Å². The van der Waals surface area contributed by atoms with Gasteiger partial charge in [0.2, 0.25) is 0 Å². The molecule has 0 saturated heterocycles. The summed E-state index contributed by atoms with van der Waals surface area (Å²) in [5, 5.41) is 2.30. The molecule has 0 bridgehead atoms. The highest BCUT2D eigenvalue weighted by molar-refractivity contribution is 7.00. The van der Waals surface area contributed by atoms with Gasteiger partial charge in [0, 0.05) is 83.7 Å². The van der Waals surface area contributed by atoms with Crippen LogP contribution in [0.2, 0.25) is 0 Å². The van der Waals surface area contributed by atoms with E-state index < -0.39 is 0 Å². The Morgan fingerprint density at radius 3 is 1.30 bits per heavy atom. The molecule has 10 heteroatoms. The Hall–Kier alpha value is -12.7. The molecule has 97 heavy (non-hydrogen) atoms. The number of hydrogen-bond donors (Lipinski definition) is 0. The first kappa shape index (κ1) is 55.9. The molecule has 3 aliphatic rings. The second-order valence-corrected chi connectivity index (χ2v) is 25.8. The summed E-state index contributed by atoms with van der Waals surface area (Å²) >= 11 is 0. The van der Waals surface area contributed by atoms with Crippen LogP contribution in [0.5, 0.6) is 0 Å². The number of nitrogens with zero attached hydrogens (tertiary/aromatic N) is 9. The van der Waals surface area contributed by atoms with Crippen LogP contribution in [0.3, 0.4) is 0 Å². The van der Waals surface area contributed by atoms with Gasteiger partial charge in [-0.1, -0.05) is 238 Å². The van der Waals surface area contributed by atoms with Crippen LogP contribution in [0.25, 0.3) is 118 Å². The van der Waals surface area contributed by atoms with E-state index in [2.05, 4.69) is 265 Å². The zero-order chi connectivity index (χ0) is 64.3. The van der Waals surface area contributed by atoms with Gasteiger partial charge in [0.05, 0.1) is 16.7 Å². The number of para-hydroxylation sites is 5. The fraction of sp³-hybridized carbons (Fsp3) is 0.0345. The van der Waals surface area contributed by atoms with Crippen LogP contribution in [0.15, 0.2) is 315 Å². The number of anilines is 6. The standard InChI is InChI=1S/C87H58BN9/c1-87(2)69-41-20-18-39-64(69)66-53-67-65-40-19-23-44-73(65)97(77(67)54-70(66)87)74-48-47-60(85-90-81(55-27-8-3-9-28-55)89-82(91-85)56-29-10-4-11-30-56)50-68(74)86-93-83(57-31-12-5-13-32-57)92-84(94-86)59-34-26-33-58(49-59)61-51-78-80-79(52-61)96(63-37-16-7-17-38-63)76-46-25-22-43-72(76)88(80)71-42-21-24-45-75(71)95(78)62-35-14-6-15-36-62/h3-54H,1-2H3. The lowest BCUT2D eigenvalue weighted by molar-refractivity contribution is 0.661. The maximum absolute atomic E-state index is 5.71. The molecular formula is C87H58BN9. The number of fused-ring (bicyclic) bond motifs is 10. The zero-order valence-electron chi connectivity index (χ0n) is 53.1. The Kier molecular flexibility index (Phi) is 12.8. The van der Waals surface area contributed by atoms with Gasteiger partial charge < -0.3 is 14.4 Å². The first-order valence-electron chi connectivity index (χ1n) is 33.0. The quantitative estimate of drug-likeness (QED) is 0.125. The molecule has 0 spiro atoms. The summed E-state index contributed by atoms with van der Waals surface area (Å²) in [5.74, 6) is 3.22. The fourth-order valence-electron chi connectivity index (χ4n) is 15.4. The lowest BCUT2D eigenvalue weighted by Gasteiger charge is -2.44. The Bertz CT molecular complexity index is 5650. The third kappa shape index (κ3) is 9.09. The number of benzene rings is 13. The van der Waals surface area contributed by atoms with Crippen LogP contribution in [-0.4, -0.2) is 41.2 Å². The minimum atomic E-state index is -0.250. The second kappa shape index (κ2) is 22.3. The molecule has 5 heterocycles. The Labute approximate surface area is 562 Å². The first-order chi connectivity index (χ1) is 47.9. The summed E-state index contributed by atoms with van der Waals surface area (Å²) < 4.78 is 2.41. The van der Waals surface area contributed by atoms with Gasteiger partial charge in [0.25, 0.3) is 6.71 Å². The number of aromatic nitrogens is 7. The minimum absolute atomic E-state index is 0.0181. The van der Waals surface area contributed by atoms with Crippen molar-refractivity contribution in [3.05, 3.63) is 327 Å². The SMILES string of the molecule is CC1(C)c2ccccc2-c2cc3c4ccccc4n(-c4ccc(-c5nc(-c6ccccc6)nc(-c6ccccc6)n5)cc4-c4nc(-c5ccccc5)nc(-c5cccc(-c6cc7c8c(c6)N(c6ccccc6)c6ccccc6B8c6ccccc6N7c6ccccc6)c5)n4)c3cc21. The molecule has 0 radical (unpaired) electrons. The maximum atomic E-state index is 5.71. The number of hydrogen-bond acceptors (Lipinski definition) is 8. The van der Waals surface area contributed by atoms with Gasteiger partial charge in [-0.25, -0.2) is 29.9 Å². The number of rotatable bonds is 10. The summed E-state index contributed by atoms with van der Waals surface area (Å²) in [6.45, 7) is 4.68. The summed E-state index contributed by atoms with van der Waals surface area (Å²) in [7, 11) is 0. The van der Waals surface area contributed by atoms with Gasteiger partial charge in [-0.2, -0.15) is 0 Å². The molecular weight excluding hydrogens is 1180 g/mol. The van der Waals surface area contributed by atoms with Gasteiger partial charge in [-0.3, -0.25) is 0 Å². The van der Waals surface area contributed by atoms with E-state index in [1.807, 2.05) is 78.9 Å². The van der Waals surface area contributed by atoms with Crippen molar-refractivity contribution in [2.45, 2.75) is 19.3 Å². The molecule has 454 valence electrons. The van der Waals surface area contributed by atoms with E-state index in [4.69, 9.17) is 29.9 Å². The van der Waals surface area contributed by atoms with Crippen LogP contribution in [0, 0.1) is 0 Å². The minimum Gasteiger partial charge on any atom is -0.311 e. The average Bonchev–Trinajstić information content (AvgIpc) is 1.42. The maximum Gasteiger partial charge on any atom is 0.252 e. The summed E-state index contributed by atoms with van der Waals surface area (Å²) in [4.78, 5) is 37.4. The van der Waals surface area contributed by atoms with Crippen LogP contribution < -0.4 is 26.2 Å². The van der Waals surface area contributed by atoms with Gasteiger partial charge in [-0.15, -0.1) is 0 Å². The van der Waals surface area contributed by atoms with Crippen molar-refractivity contribution in [2.24, 2.45) is 0 Å². The summed E-state index contributed by atoms with van der Waals surface area (Å²) in [6, 6.07) is 112. The van der Waals surface area contributed by atoms with Crippen molar-refractivity contribution in [1.29, 1.82) is 0 Å². The molecule has 1 aliphatic carbocycles. The predicted octanol–water partition coefficient (Wildman–Crippen LogP) is 19.2. The third-order valence-corrected chi connectivity index (χ3v) is 19.8. The van der Waals surface area contributed by atoms with Gasteiger partial charge in [0.1, 0.15) is 0 Å². The Morgan fingerprint density at radius 2 is 0.722 bits per heavy atom. The third-order valence-electron chi connectivity index (χ3n) is 19.8. The molecule has 0 amide bonds. The molecule has 16 aromatic rings. The van der Waals surface area contributed by atoms with Crippen molar-refractivity contribution >= 4 is 79.0 Å². The van der Waals surface area contributed by atoms with Crippen LogP contribution >= 0.6 is 0 Å². The first-order valence-corrected chi connectivity index (χ1v) is 33.0. The van der Waals surface area contributed by atoms with Gasteiger partial charge >= 0.3 is 0 Å². The Morgan fingerprint density at radius 1 is 0.268 bits per heavy atom. The topological polar surface area (TPSA) is 88.7 Å². The molecule has 13 aromatic carbocycles. The van der Waals surface area contributed by atoms with E-state index >= 15 is 0 Å². The lowest BCUT2D eigenvalue weighted by Crippen LogP contribution is -2.61. The molecule has 2 aliphatic heterocycles. The normalized spacial score (nSPS) is 13.1. The van der Waals surface area contributed by atoms with E-state index in [0.717, 1.165) is 106 Å². The van der Waals surface area contributed by atoms with Crippen molar-refractivity contribution < 1.29 is 0 Å². The van der Waals surface area contributed by atoms with Gasteiger partial charge in [0.15, 0.2) is 34.9 Å². The fourth-order valence-corrected chi connectivity index (χ4v) is 15.4. The van der Waals surface area contributed by atoms with E-state index in [9.17, 15) is 0 Å². The van der Waals surface area contributed by atoms with Crippen molar-refractivity contribution in [2.75, 3.05) is 9.80 Å². The lowest BCUT2D eigenvalue weighted by atomic mass is 9.33. The predicted molar refractivity (Wildman–Crippen MR) is 397 cm³/mol. The molecule has 9 nitrogen and oxygen atoms in total. The monoisotopic (exact) mass is 1240 g/mol. The molecule has 3 aromatic heterocycles.